The van der Waals surface area contributed by atoms with Gasteiger partial charge in [-0.05, 0) is 41.5 Å². The van der Waals surface area contributed by atoms with Gasteiger partial charge in [-0.15, -0.1) is 0 Å². The maximum atomic E-state index is 11.6. The van der Waals surface area contributed by atoms with E-state index in [0.29, 0.717) is 17.7 Å². The summed E-state index contributed by atoms with van der Waals surface area (Å²) < 4.78 is 1.87. The first-order chi connectivity index (χ1) is 14.5. The number of pyridine rings is 2. The lowest BCUT2D eigenvalue weighted by Crippen LogP contribution is -2.12. The van der Waals surface area contributed by atoms with E-state index >= 15 is 0 Å². The molecule has 0 fully saturated rings. The van der Waals surface area contributed by atoms with Crippen LogP contribution < -0.4 is 4.90 Å². The second-order valence-corrected chi connectivity index (χ2v) is 7.27. The first kappa shape index (κ1) is 18.1. The van der Waals surface area contributed by atoms with E-state index in [2.05, 4.69) is 9.97 Å². The van der Waals surface area contributed by atoms with Crippen molar-refractivity contribution >= 4 is 40.0 Å². The molecule has 0 amide bonds. The normalized spacial score (nSPS) is 12.7. The van der Waals surface area contributed by atoms with Gasteiger partial charge < -0.3 is 10.0 Å². The average molecular weight is 397 g/mol. The Bertz CT molecular complexity index is 1320. The minimum atomic E-state index is -0.937. The summed E-state index contributed by atoms with van der Waals surface area (Å²) in [6, 6.07) is 13.5. The predicted molar refractivity (Wildman–Crippen MR) is 116 cm³/mol. The van der Waals surface area contributed by atoms with E-state index in [1.165, 1.54) is 6.20 Å². The van der Waals surface area contributed by atoms with Gasteiger partial charge in [0.05, 0.1) is 28.2 Å². The van der Waals surface area contributed by atoms with E-state index in [4.69, 9.17) is 5.10 Å². The third kappa shape index (κ3) is 2.75. The van der Waals surface area contributed by atoms with E-state index in [-0.39, 0.29) is 0 Å². The van der Waals surface area contributed by atoms with Crippen LogP contribution in [0, 0.1) is 0 Å². The highest BCUT2D eigenvalue weighted by Gasteiger charge is 2.25. The van der Waals surface area contributed by atoms with E-state index in [1.807, 2.05) is 66.2 Å². The quantitative estimate of drug-likeness (QED) is 0.562. The van der Waals surface area contributed by atoms with Crippen LogP contribution >= 0.6 is 0 Å². The number of para-hydroxylation sites is 1. The van der Waals surface area contributed by atoms with Crippen LogP contribution in [0.1, 0.15) is 27.3 Å². The van der Waals surface area contributed by atoms with E-state index in [9.17, 15) is 9.90 Å². The Labute approximate surface area is 172 Å². The fourth-order valence-corrected chi connectivity index (χ4v) is 4.08. The lowest BCUT2D eigenvalue weighted by Gasteiger charge is -2.19. The van der Waals surface area contributed by atoms with Crippen molar-refractivity contribution in [3.8, 4) is 0 Å². The van der Waals surface area contributed by atoms with Gasteiger partial charge in [0, 0.05) is 38.3 Å². The summed E-state index contributed by atoms with van der Waals surface area (Å²) in [6.07, 6.45) is 5.75. The summed E-state index contributed by atoms with van der Waals surface area (Å²) in [4.78, 5) is 22.4. The number of aryl methyl sites for hydroxylation is 1. The zero-order valence-electron chi connectivity index (χ0n) is 16.6. The lowest BCUT2D eigenvalue weighted by atomic mass is 10.0. The molecule has 0 saturated carbocycles. The molecule has 5 rings (SSSR count). The Balaban J connectivity index is 1.62. The minimum absolute atomic E-state index is 0.294. The summed E-state index contributed by atoms with van der Waals surface area (Å²) in [7, 11) is 3.91. The van der Waals surface area contributed by atoms with E-state index in [1.54, 1.807) is 12.3 Å². The number of fused-ring (bicyclic) bond motifs is 2. The zero-order valence-corrected chi connectivity index (χ0v) is 16.6. The molecule has 1 aromatic carbocycles. The Morgan fingerprint density at radius 2 is 1.97 bits per heavy atom. The molecule has 7 nitrogen and oxygen atoms in total. The van der Waals surface area contributed by atoms with E-state index < -0.39 is 5.97 Å². The number of hydrogen-bond acceptors (Lipinski definition) is 5. The monoisotopic (exact) mass is 397 g/mol. The number of allylic oxidation sites excluding steroid dienone is 1. The number of carboxylic acid groups (broad SMARTS) is 1. The summed E-state index contributed by atoms with van der Waals surface area (Å²) >= 11 is 0. The van der Waals surface area contributed by atoms with Crippen molar-refractivity contribution in [1.82, 2.24) is 19.7 Å². The van der Waals surface area contributed by atoms with Crippen molar-refractivity contribution in [2.75, 3.05) is 11.9 Å². The van der Waals surface area contributed by atoms with Crippen LogP contribution in [0.3, 0.4) is 0 Å². The summed E-state index contributed by atoms with van der Waals surface area (Å²) in [5.41, 5.74) is 5.53. The number of aromatic carboxylic acids is 1. The number of carboxylic acids is 1. The largest absolute Gasteiger partial charge is 0.478 e. The molecule has 0 atom stereocenters. The van der Waals surface area contributed by atoms with Gasteiger partial charge in [0.2, 0.25) is 0 Å². The first-order valence-electron chi connectivity index (χ1n) is 9.57. The third-order valence-electron chi connectivity index (χ3n) is 5.50. The van der Waals surface area contributed by atoms with Crippen molar-refractivity contribution in [2.45, 2.75) is 6.42 Å². The molecule has 1 aliphatic rings. The number of benzene rings is 1. The number of hydrogen-bond donors (Lipinski definition) is 1. The highest BCUT2D eigenvalue weighted by atomic mass is 16.4. The average Bonchev–Trinajstić information content (AvgIpc) is 3.34. The minimum Gasteiger partial charge on any atom is -0.478 e. The highest BCUT2D eigenvalue weighted by molar-refractivity contribution is 6.04. The fourth-order valence-electron chi connectivity index (χ4n) is 4.08. The van der Waals surface area contributed by atoms with Crippen LogP contribution in [0.2, 0.25) is 0 Å². The van der Waals surface area contributed by atoms with Crippen LogP contribution in [0.4, 0.5) is 11.5 Å². The van der Waals surface area contributed by atoms with Gasteiger partial charge in [-0.1, -0.05) is 18.2 Å². The molecule has 3 aromatic heterocycles. The molecule has 0 radical (unpaired) electrons. The summed E-state index contributed by atoms with van der Waals surface area (Å²) in [5, 5.41) is 15.3. The van der Waals surface area contributed by atoms with Crippen molar-refractivity contribution in [2.24, 2.45) is 7.05 Å². The Morgan fingerprint density at radius 1 is 1.10 bits per heavy atom. The van der Waals surface area contributed by atoms with Crippen molar-refractivity contribution in [3.05, 3.63) is 77.4 Å². The molecule has 148 valence electrons. The molecule has 0 aliphatic heterocycles. The molecular weight excluding hydrogens is 378 g/mol. The van der Waals surface area contributed by atoms with E-state index in [0.717, 1.165) is 39.2 Å². The number of anilines is 2. The van der Waals surface area contributed by atoms with Gasteiger partial charge in [0.25, 0.3) is 0 Å². The number of aromatic nitrogens is 4. The third-order valence-corrected chi connectivity index (χ3v) is 5.50. The standard InChI is InChI=1S/C23H19N5O2/c1-27(20-8-3-4-10-25-20)19-7-5-6-16-21(26-28(2)22(16)19)14-12-17-15(23(29)30)9-11-24-18(17)13-14/h3-11,13H,12H2,1-2H3,(H,29,30). The zero-order chi connectivity index (χ0) is 20.8. The lowest BCUT2D eigenvalue weighted by molar-refractivity contribution is 0.0695. The SMILES string of the molecule is CN(c1ccccn1)c1cccc2c(C3=Cc4nccc(C(=O)O)c4C3)nn(C)c12. The molecule has 0 spiro atoms. The molecule has 0 saturated heterocycles. The fraction of sp³-hybridized carbons (Fsp3) is 0.130. The Kier molecular flexibility index (Phi) is 4.10. The number of nitrogens with zero attached hydrogens (tertiary/aromatic N) is 5. The van der Waals surface area contributed by atoms with Gasteiger partial charge in [-0.2, -0.15) is 5.10 Å². The van der Waals surface area contributed by atoms with Crippen LogP contribution in [-0.2, 0) is 13.5 Å². The van der Waals surface area contributed by atoms with Crippen LogP contribution in [0.25, 0.3) is 22.6 Å². The predicted octanol–water partition coefficient (Wildman–Crippen LogP) is 3.93. The van der Waals surface area contributed by atoms with Crippen LogP contribution in [0.15, 0.2) is 54.9 Å². The molecular formula is C23H19N5O2. The molecule has 1 aliphatic carbocycles. The van der Waals surface area contributed by atoms with Gasteiger partial charge in [-0.3, -0.25) is 9.67 Å². The number of rotatable bonds is 4. The molecule has 0 bridgehead atoms. The van der Waals surface area contributed by atoms with Crippen molar-refractivity contribution < 1.29 is 9.90 Å². The van der Waals surface area contributed by atoms with Gasteiger partial charge in [0.15, 0.2) is 0 Å². The van der Waals surface area contributed by atoms with Gasteiger partial charge in [0.1, 0.15) is 5.82 Å². The van der Waals surface area contributed by atoms with Crippen LogP contribution in [0.5, 0.6) is 0 Å². The Morgan fingerprint density at radius 3 is 2.73 bits per heavy atom. The van der Waals surface area contributed by atoms with Gasteiger partial charge >= 0.3 is 5.97 Å². The maximum Gasteiger partial charge on any atom is 0.336 e. The summed E-state index contributed by atoms with van der Waals surface area (Å²) in [5.74, 6) is -0.0935. The topological polar surface area (TPSA) is 84.1 Å². The molecule has 4 aromatic rings. The maximum absolute atomic E-state index is 11.6. The molecule has 30 heavy (non-hydrogen) atoms. The number of carbonyl (C=O) groups is 1. The van der Waals surface area contributed by atoms with Gasteiger partial charge in [-0.25, -0.2) is 9.78 Å². The second kappa shape index (κ2) is 6.81. The van der Waals surface area contributed by atoms with Crippen LogP contribution in [-0.4, -0.2) is 37.9 Å². The van der Waals surface area contributed by atoms with Crippen molar-refractivity contribution in [3.63, 3.8) is 0 Å². The smallest absolute Gasteiger partial charge is 0.336 e. The highest BCUT2D eigenvalue weighted by Crippen LogP contribution is 2.38. The summed E-state index contributed by atoms with van der Waals surface area (Å²) in [6.45, 7) is 0. The molecule has 0 unspecified atom stereocenters. The molecule has 7 heteroatoms. The Hall–Kier alpha value is -4.00. The van der Waals surface area contributed by atoms with Crippen molar-refractivity contribution in [1.29, 1.82) is 0 Å². The second-order valence-electron chi connectivity index (χ2n) is 7.27. The first-order valence-corrected chi connectivity index (χ1v) is 9.57. The molecule has 3 heterocycles. The molecule has 1 N–H and O–H groups in total.